The molecule has 0 atom stereocenters. The van der Waals surface area contributed by atoms with E-state index in [9.17, 15) is 9.59 Å². The van der Waals surface area contributed by atoms with Gasteiger partial charge in [-0.25, -0.2) is 9.78 Å². The lowest BCUT2D eigenvalue weighted by atomic mass is 10.2. The Kier molecular flexibility index (Phi) is 6.43. The van der Waals surface area contributed by atoms with Crippen molar-refractivity contribution in [2.45, 2.75) is 13.5 Å². The monoisotopic (exact) mass is 470 g/mol. The number of ether oxygens (including phenoxy) is 3. The zero-order chi connectivity index (χ0) is 22.7. The van der Waals surface area contributed by atoms with Gasteiger partial charge in [0.25, 0.3) is 5.56 Å². The van der Waals surface area contributed by atoms with Crippen LogP contribution in [-0.2, 0) is 16.1 Å². The van der Waals surface area contributed by atoms with Crippen molar-refractivity contribution in [3.63, 3.8) is 0 Å². The molecule has 0 saturated heterocycles. The second-order valence-electron chi connectivity index (χ2n) is 6.68. The molecule has 4 rings (SSSR count). The first-order valence-corrected chi connectivity index (χ1v) is 10.9. The van der Waals surface area contributed by atoms with Crippen LogP contribution in [0.2, 0.25) is 5.02 Å². The summed E-state index contributed by atoms with van der Waals surface area (Å²) in [6, 6.07) is 12.3. The Morgan fingerprint density at radius 3 is 2.84 bits per heavy atom. The highest BCUT2D eigenvalue weighted by Crippen LogP contribution is 2.36. The number of halogens is 1. The van der Waals surface area contributed by atoms with Gasteiger partial charge in [0.05, 0.1) is 34.6 Å². The lowest BCUT2D eigenvalue weighted by Gasteiger charge is -2.11. The minimum Gasteiger partial charge on any atom is -0.491 e. The Hall–Kier alpha value is -3.36. The Labute approximate surface area is 192 Å². The molecule has 4 aromatic rings. The van der Waals surface area contributed by atoms with E-state index in [1.54, 1.807) is 22.6 Å². The van der Waals surface area contributed by atoms with Gasteiger partial charge < -0.3 is 14.2 Å². The smallest absolute Gasteiger partial charge is 0.331 e. The summed E-state index contributed by atoms with van der Waals surface area (Å²) >= 11 is 7.63. The predicted molar refractivity (Wildman–Crippen MR) is 125 cm³/mol. The van der Waals surface area contributed by atoms with Crippen LogP contribution < -0.4 is 15.0 Å². The van der Waals surface area contributed by atoms with Gasteiger partial charge in [0, 0.05) is 12.1 Å². The number of esters is 1. The third-order valence-electron chi connectivity index (χ3n) is 4.56. The van der Waals surface area contributed by atoms with Gasteiger partial charge in [0.2, 0.25) is 0 Å². The van der Waals surface area contributed by atoms with Gasteiger partial charge in [0.15, 0.2) is 16.5 Å². The molecule has 0 amide bonds. The van der Waals surface area contributed by atoms with E-state index in [0.717, 1.165) is 10.2 Å². The second kappa shape index (κ2) is 9.42. The van der Waals surface area contributed by atoms with E-state index in [4.69, 9.17) is 25.8 Å². The summed E-state index contributed by atoms with van der Waals surface area (Å²) in [5.74, 6) is 0.340. The molecule has 9 heteroatoms. The van der Waals surface area contributed by atoms with E-state index in [1.807, 2.05) is 31.2 Å². The average molecular weight is 471 g/mol. The number of nitrogens with zero attached hydrogens (tertiary/aromatic N) is 2. The van der Waals surface area contributed by atoms with E-state index >= 15 is 0 Å². The minimum absolute atomic E-state index is 0.114. The van der Waals surface area contributed by atoms with Gasteiger partial charge >= 0.3 is 5.97 Å². The molecular weight excluding hydrogens is 452 g/mol. The number of carbonyl (C=O) groups is 1. The summed E-state index contributed by atoms with van der Waals surface area (Å²) in [6.07, 6.45) is 2.84. The molecule has 0 saturated carbocycles. The van der Waals surface area contributed by atoms with E-state index < -0.39 is 5.97 Å². The largest absolute Gasteiger partial charge is 0.491 e. The maximum Gasteiger partial charge on any atom is 0.331 e. The molecule has 0 N–H and O–H groups in total. The van der Waals surface area contributed by atoms with Crippen molar-refractivity contribution < 1.29 is 19.0 Å². The zero-order valence-electron chi connectivity index (χ0n) is 17.3. The van der Waals surface area contributed by atoms with Gasteiger partial charge in [-0.15, -0.1) is 0 Å². The minimum atomic E-state index is -0.576. The first-order chi connectivity index (χ1) is 15.5. The number of hydrogen-bond acceptors (Lipinski definition) is 7. The Bertz CT molecular complexity index is 1390. The van der Waals surface area contributed by atoms with E-state index in [2.05, 4.69) is 4.98 Å². The highest BCUT2D eigenvalue weighted by Gasteiger charge is 2.12. The Morgan fingerprint density at radius 2 is 2.06 bits per heavy atom. The second-order valence-corrected chi connectivity index (χ2v) is 8.10. The van der Waals surface area contributed by atoms with E-state index in [1.165, 1.54) is 30.6 Å². The maximum atomic E-state index is 12.5. The van der Waals surface area contributed by atoms with Crippen LogP contribution in [0.25, 0.3) is 21.3 Å². The van der Waals surface area contributed by atoms with Crippen molar-refractivity contribution in [1.82, 2.24) is 9.38 Å². The summed E-state index contributed by atoms with van der Waals surface area (Å²) in [7, 11) is 1.51. The molecule has 0 aliphatic carbocycles. The average Bonchev–Trinajstić information content (AvgIpc) is 3.15. The fraction of sp³-hybridized carbons (Fsp3) is 0.174. The van der Waals surface area contributed by atoms with Crippen molar-refractivity contribution in [3.05, 3.63) is 75.2 Å². The number of methoxy groups -OCH3 is 1. The van der Waals surface area contributed by atoms with E-state index in [0.29, 0.717) is 39.3 Å². The Morgan fingerprint density at radius 1 is 1.25 bits per heavy atom. The molecule has 164 valence electrons. The van der Waals surface area contributed by atoms with Crippen LogP contribution >= 0.6 is 22.9 Å². The summed E-state index contributed by atoms with van der Waals surface area (Å²) in [6.45, 7) is 2.18. The van der Waals surface area contributed by atoms with Crippen molar-refractivity contribution >= 4 is 50.2 Å². The molecule has 32 heavy (non-hydrogen) atoms. The van der Waals surface area contributed by atoms with Gasteiger partial charge in [-0.05, 0) is 42.8 Å². The molecule has 0 bridgehead atoms. The summed E-state index contributed by atoms with van der Waals surface area (Å²) < 4.78 is 18.5. The number of carbonyl (C=O) groups excluding carboxylic acids is 1. The van der Waals surface area contributed by atoms with Crippen molar-refractivity contribution in [2.75, 3.05) is 13.7 Å². The third-order valence-corrected chi connectivity index (χ3v) is 5.86. The van der Waals surface area contributed by atoms with Crippen LogP contribution in [0.5, 0.6) is 11.5 Å². The van der Waals surface area contributed by atoms with Crippen LogP contribution in [-0.4, -0.2) is 29.1 Å². The number of thiazole rings is 1. The molecule has 2 aromatic heterocycles. The molecule has 7 nitrogen and oxygen atoms in total. The summed E-state index contributed by atoms with van der Waals surface area (Å²) in [4.78, 5) is 29.7. The van der Waals surface area contributed by atoms with Crippen LogP contribution in [0.3, 0.4) is 0 Å². The first-order valence-electron chi connectivity index (χ1n) is 9.75. The van der Waals surface area contributed by atoms with Crippen molar-refractivity contribution in [2.24, 2.45) is 0 Å². The van der Waals surface area contributed by atoms with E-state index in [-0.39, 0.29) is 12.2 Å². The number of rotatable bonds is 7. The van der Waals surface area contributed by atoms with Gasteiger partial charge in [-0.2, -0.15) is 0 Å². The van der Waals surface area contributed by atoms with Crippen LogP contribution in [0, 0.1) is 0 Å². The topological polar surface area (TPSA) is 79.1 Å². The highest BCUT2D eigenvalue weighted by molar-refractivity contribution is 7.23. The Balaban J connectivity index is 1.48. The molecule has 0 fully saturated rings. The fourth-order valence-electron chi connectivity index (χ4n) is 3.20. The highest BCUT2D eigenvalue weighted by atomic mass is 35.5. The van der Waals surface area contributed by atoms with Crippen LogP contribution in [0.4, 0.5) is 0 Å². The standard InChI is InChI=1S/C23H19ClN2O5S/c1-3-30-18-11-14(10-16(24)22(18)29-2)8-9-21(28)31-13-15-12-20(27)26-17-6-4-5-7-19(17)32-23(26)25-15/h4-12H,3,13H2,1-2H3/b9-8+. The van der Waals surface area contributed by atoms with Gasteiger partial charge in [-0.3, -0.25) is 9.20 Å². The predicted octanol–water partition coefficient (Wildman–Crippen LogP) is 4.73. The zero-order valence-corrected chi connectivity index (χ0v) is 18.9. The van der Waals surface area contributed by atoms with Crippen molar-refractivity contribution in [1.29, 1.82) is 0 Å². The molecular formula is C23H19ClN2O5S. The van der Waals surface area contributed by atoms with Crippen LogP contribution in [0.1, 0.15) is 18.2 Å². The van der Waals surface area contributed by atoms with Crippen LogP contribution in [0.15, 0.2) is 53.3 Å². The number of benzene rings is 2. The fourth-order valence-corrected chi connectivity index (χ4v) is 4.55. The molecule has 0 spiro atoms. The SMILES string of the molecule is CCOc1cc(/C=C/C(=O)OCc2cc(=O)n3c(n2)sc2ccccc23)cc(Cl)c1OC. The number of hydrogen-bond donors (Lipinski definition) is 0. The molecule has 2 aromatic carbocycles. The summed E-state index contributed by atoms with van der Waals surface area (Å²) in [5.41, 5.74) is 1.63. The van der Waals surface area contributed by atoms with Gasteiger partial charge in [-0.1, -0.05) is 35.1 Å². The molecule has 0 aliphatic heterocycles. The third kappa shape index (κ3) is 4.46. The quantitative estimate of drug-likeness (QED) is 0.287. The summed E-state index contributed by atoms with van der Waals surface area (Å²) in [5, 5.41) is 0.368. The molecule has 0 aliphatic rings. The normalized spacial score (nSPS) is 11.3. The molecule has 0 radical (unpaired) electrons. The molecule has 0 unspecified atom stereocenters. The lowest BCUT2D eigenvalue weighted by molar-refractivity contribution is -0.139. The number of fused-ring (bicyclic) bond motifs is 3. The molecule has 2 heterocycles. The van der Waals surface area contributed by atoms with Crippen molar-refractivity contribution in [3.8, 4) is 11.5 Å². The maximum absolute atomic E-state index is 12.5. The lowest BCUT2D eigenvalue weighted by Crippen LogP contribution is -2.14. The number of para-hydroxylation sites is 1. The first kappa shape index (κ1) is 21.9. The van der Waals surface area contributed by atoms with Gasteiger partial charge in [0.1, 0.15) is 6.61 Å². The number of aromatic nitrogens is 2.